The van der Waals surface area contributed by atoms with Crippen LogP contribution in [-0.4, -0.2) is 24.8 Å². The first kappa shape index (κ1) is 19.1. The number of carbonyl (C=O) groups is 2. The second kappa shape index (κ2) is 8.23. The zero-order chi connectivity index (χ0) is 18.6. The van der Waals surface area contributed by atoms with Crippen LogP contribution >= 0.6 is 11.6 Å². The molecular formula is C19H21ClFN2O2+. The summed E-state index contributed by atoms with van der Waals surface area (Å²) in [5.41, 5.74) is 1.59. The molecule has 132 valence electrons. The van der Waals surface area contributed by atoms with Crippen molar-refractivity contribution in [1.29, 1.82) is 0 Å². The topological polar surface area (TPSA) is 50.6 Å². The van der Waals surface area contributed by atoms with Crippen LogP contribution in [0.3, 0.4) is 0 Å². The van der Waals surface area contributed by atoms with Gasteiger partial charge in [-0.15, -0.1) is 0 Å². The second-order valence-electron chi connectivity index (χ2n) is 6.07. The molecule has 1 amide bonds. The van der Waals surface area contributed by atoms with Gasteiger partial charge in [-0.3, -0.25) is 9.59 Å². The number of anilines is 1. The van der Waals surface area contributed by atoms with Crippen LogP contribution in [0.15, 0.2) is 42.5 Å². The Balaban J connectivity index is 2.02. The van der Waals surface area contributed by atoms with Gasteiger partial charge in [-0.2, -0.15) is 0 Å². The number of hydrogen-bond acceptors (Lipinski definition) is 2. The smallest absolute Gasteiger partial charge is 0.282 e. The molecule has 2 rings (SSSR count). The van der Waals surface area contributed by atoms with Gasteiger partial charge in [-0.25, -0.2) is 4.39 Å². The lowest BCUT2D eigenvalue weighted by Crippen LogP contribution is -3.12. The Bertz CT molecular complexity index is 757. The predicted octanol–water partition coefficient (Wildman–Crippen LogP) is 2.72. The number of Topliss-reactive ketones (excluding diaryl/α,β-unsaturated/α-hetero) is 1. The third-order valence-electron chi connectivity index (χ3n) is 4.21. The summed E-state index contributed by atoms with van der Waals surface area (Å²) in [4.78, 5) is 24.5. The van der Waals surface area contributed by atoms with Gasteiger partial charge in [0.2, 0.25) is 0 Å². The Morgan fingerprint density at radius 2 is 1.84 bits per heavy atom. The van der Waals surface area contributed by atoms with Crippen molar-refractivity contribution in [3.8, 4) is 0 Å². The van der Waals surface area contributed by atoms with Gasteiger partial charge in [0.1, 0.15) is 12.4 Å². The van der Waals surface area contributed by atoms with E-state index in [0.29, 0.717) is 28.4 Å². The monoisotopic (exact) mass is 363 g/mol. The summed E-state index contributed by atoms with van der Waals surface area (Å²) in [5, 5.41) is 3.16. The van der Waals surface area contributed by atoms with E-state index in [1.54, 1.807) is 43.3 Å². The molecule has 0 bridgehead atoms. The molecule has 0 aliphatic carbocycles. The lowest BCUT2D eigenvalue weighted by Gasteiger charge is -2.22. The molecule has 0 aromatic heterocycles. The van der Waals surface area contributed by atoms with Crippen LogP contribution in [0.25, 0.3) is 0 Å². The first-order valence-electron chi connectivity index (χ1n) is 7.96. The van der Waals surface area contributed by atoms with Gasteiger partial charge in [0, 0.05) is 11.3 Å². The number of quaternary nitrogens is 1. The Morgan fingerprint density at radius 3 is 2.40 bits per heavy atom. The summed E-state index contributed by atoms with van der Waals surface area (Å²) in [6.45, 7) is 3.55. The van der Waals surface area contributed by atoms with E-state index in [9.17, 15) is 14.0 Å². The molecule has 1 unspecified atom stereocenters. The lowest BCUT2D eigenvalue weighted by atomic mass is 10.1. The normalized spacial score (nSPS) is 13.2. The number of halogens is 2. The minimum Gasteiger partial charge on any atom is -0.323 e. The summed E-state index contributed by atoms with van der Waals surface area (Å²) in [5.74, 6) is -0.600. The van der Waals surface area contributed by atoms with E-state index in [1.165, 1.54) is 13.0 Å². The van der Waals surface area contributed by atoms with E-state index >= 15 is 0 Å². The fourth-order valence-corrected chi connectivity index (χ4v) is 2.63. The highest BCUT2D eigenvalue weighted by atomic mass is 35.5. The quantitative estimate of drug-likeness (QED) is 0.775. The number of carbonyl (C=O) groups excluding carboxylic acids is 2. The van der Waals surface area contributed by atoms with Gasteiger partial charge < -0.3 is 10.2 Å². The van der Waals surface area contributed by atoms with Crippen LogP contribution in [0, 0.1) is 5.82 Å². The standard InChI is InChI=1S/C19H20ClFN2O2/c1-12(23(3)11-16-17(20)5-4-6-18(16)21)19(25)22-15-9-7-14(8-10-15)13(2)24/h4-10,12H,11H2,1-3H3,(H,22,25)/p+1/t12-/m1/s1. The number of nitrogens with one attached hydrogen (secondary N) is 2. The summed E-state index contributed by atoms with van der Waals surface area (Å²) in [6.07, 6.45) is 0. The van der Waals surface area contributed by atoms with Gasteiger partial charge >= 0.3 is 0 Å². The van der Waals surface area contributed by atoms with E-state index in [0.717, 1.165) is 4.90 Å². The molecule has 6 heteroatoms. The maximum Gasteiger partial charge on any atom is 0.282 e. The highest BCUT2D eigenvalue weighted by Gasteiger charge is 2.24. The minimum atomic E-state index is -0.414. The third kappa shape index (κ3) is 4.87. The first-order valence-corrected chi connectivity index (χ1v) is 8.34. The van der Waals surface area contributed by atoms with Gasteiger partial charge in [0.05, 0.1) is 17.6 Å². The molecule has 0 fully saturated rings. The fourth-order valence-electron chi connectivity index (χ4n) is 2.40. The van der Waals surface area contributed by atoms with Gasteiger partial charge in [-0.05, 0) is 50.2 Å². The zero-order valence-electron chi connectivity index (χ0n) is 14.4. The number of hydrogen-bond donors (Lipinski definition) is 2. The van der Waals surface area contributed by atoms with E-state index in [1.807, 2.05) is 7.05 Å². The summed E-state index contributed by atoms with van der Waals surface area (Å²) in [7, 11) is 1.81. The Morgan fingerprint density at radius 1 is 1.20 bits per heavy atom. The van der Waals surface area contributed by atoms with E-state index < -0.39 is 6.04 Å². The molecule has 2 aromatic carbocycles. The van der Waals surface area contributed by atoms with Crippen molar-refractivity contribution in [2.24, 2.45) is 0 Å². The minimum absolute atomic E-state index is 0.0304. The first-order chi connectivity index (χ1) is 11.8. The fraction of sp³-hybridized carbons (Fsp3) is 0.263. The molecule has 0 saturated heterocycles. The molecular weight excluding hydrogens is 343 g/mol. The van der Waals surface area contributed by atoms with Crippen molar-refractivity contribution in [3.63, 3.8) is 0 Å². The zero-order valence-corrected chi connectivity index (χ0v) is 15.2. The highest BCUT2D eigenvalue weighted by Crippen LogP contribution is 2.17. The van der Waals surface area contributed by atoms with Crippen molar-refractivity contribution in [1.82, 2.24) is 0 Å². The third-order valence-corrected chi connectivity index (χ3v) is 4.56. The molecule has 2 N–H and O–H groups in total. The summed E-state index contributed by atoms with van der Waals surface area (Å²) in [6, 6.07) is 10.8. The molecule has 0 heterocycles. The van der Waals surface area contributed by atoms with Crippen molar-refractivity contribution in [2.75, 3.05) is 12.4 Å². The maximum absolute atomic E-state index is 13.9. The number of amides is 1. The van der Waals surface area contributed by atoms with Gasteiger partial charge in [-0.1, -0.05) is 17.7 Å². The van der Waals surface area contributed by atoms with E-state index in [2.05, 4.69) is 5.32 Å². The van der Waals surface area contributed by atoms with Crippen molar-refractivity contribution in [3.05, 3.63) is 64.4 Å². The van der Waals surface area contributed by atoms with Crippen LogP contribution < -0.4 is 10.2 Å². The predicted molar refractivity (Wildman–Crippen MR) is 96.5 cm³/mol. The van der Waals surface area contributed by atoms with Crippen LogP contribution in [0.1, 0.15) is 29.8 Å². The molecule has 2 atom stereocenters. The molecule has 0 aliphatic rings. The molecule has 0 radical (unpaired) electrons. The Hall–Kier alpha value is -2.24. The maximum atomic E-state index is 13.9. The summed E-state index contributed by atoms with van der Waals surface area (Å²) < 4.78 is 13.9. The molecule has 25 heavy (non-hydrogen) atoms. The second-order valence-corrected chi connectivity index (χ2v) is 6.48. The van der Waals surface area contributed by atoms with Crippen LogP contribution in [0.5, 0.6) is 0 Å². The number of benzene rings is 2. The Kier molecular flexibility index (Phi) is 6.28. The largest absolute Gasteiger partial charge is 0.323 e. The number of ketones is 1. The average Bonchev–Trinajstić information content (AvgIpc) is 2.57. The van der Waals surface area contributed by atoms with Crippen molar-refractivity contribution in [2.45, 2.75) is 26.4 Å². The van der Waals surface area contributed by atoms with Crippen molar-refractivity contribution < 1.29 is 18.9 Å². The number of rotatable bonds is 6. The summed E-state index contributed by atoms with van der Waals surface area (Å²) >= 11 is 6.05. The highest BCUT2D eigenvalue weighted by molar-refractivity contribution is 6.31. The van der Waals surface area contributed by atoms with Crippen molar-refractivity contribution >= 4 is 29.0 Å². The molecule has 0 saturated carbocycles. The number of likely N-dealkylation sites (N-methyl/N-ethyl adjacent to an activating group) is 1. The lowest BCUT2D eigenvalue weighted by molar-refractivity contribution is -0.908. The Labute approximate surface area is 151 Å². The molecule has 4 nitrogen and oxygen atoms in total. The SMILES string of the molecule is CC(=O)c1ccc(NC(=O)[C@@H](C)[NH+](C)Cc2c(F)cccc2Cl)cc1. The van der Waals surface area contributed by atoms with E-state index in [-0.39, 0.29) is 17.5 Å². The molecule has 2 aromatic rings. The van der Waals surface area contributed by atoms with Crippen LogP contribution in [0.4, 0.5) is 10.1 Å². The van der Waals surface area contributed by atoms with E-state index in [4.69, 9.17) is 11.6 Å². The van der Waals surface area contributed by atoms with Gasteiger partial charge in [0.25, 0.3) is 5.91 Å². The van der Waals surface area contributed by atoms with Gasteiger partial charge in [0.15, 0.2) is 11.8 Å². The molecule has 0 aliphatic heterocycles. The molecule has 0 spiro atoms. The average molecular weight is 364 g/mol. The van der Waals surface area contributed by atoms with Crippen LogP contribution in [0.2, 0.25) is 5.02 Å². The van der Waals surface area contributed by atoms with Crippen LogP contribution in [-0.2, 0) is 11.3 Å².